The standard InChI is InChI=1S/C28H29N3O8S/c1-4-39-26-23(37-2)14-13-20(30-26)22(17-40(3,35)36)31-27(33)19-11-8-12-21(25(19)28(31)34)29-24(32)16-38-15-18-9-6-5-7-10-18/h5-14,22H,4,15-17H2,1-3H3,(H,29,32). The second-order valence-corrected chi connectivity index (χ2v) is 11.2. The fourth-order valence-corrected chi connectivity index (χ4v) is 5.21. The Morgan fingerprint density at radius 2 is 1.77 bits per heavy atom. The number of hydrogen-bond donors (Lipinski definition) is 1. The Morgan fingerprint density at radius 3 is 2.45 bits per heavy atom. The lowest BCUT2D eigenvalue weighted by Crippen LogP contribution is -2.38. The Hall–Kier alpha value is -4.29. The average molecular weight is 568 g/mol. The number of anilines is 1. The van der Waals surface area contributed by atoms with E-state index in [1.807, 2.05) is 30.3 Å². The molecule has 1 N–H and O–H groups in total. The van der Waals surface area contributed by atoms with E-state index in [-0.39, 0.29) is 48.2 Å². The summed E-state index contributed by atoms with van der Waals surface area (Å²) in [4.78, 5) is 45.0. The number of sulfone groups is 1. The molecule has 1 aliphatic heterocycles. The van der Waals surface area contributed by atoms with Crippen LogP contribution in [-0.4, -0.2) is 68.4 Å². The number of pyridine rings is 1. The normalized spacial score (nSPS) is 13.6. The van der Waals surface area contributed by atoms with Crippen molar-refractivity contribution in [1.29, 1.82) is 0 Å². The fraction of sp³-hybridized carbons (Fsp3) is 0.286. The Labute approximate surface area is 232 Å². The van der Waals surface area contributed by atoms with Crippen molar-refractivity contribution in [2.45, 2.75) is 19.6 Å². The Bertz CT molecular complexity index is 1530. The topological polar surface area (TPSA) is 141 Å². The van der Waals surface area contributed by atoms with E-state index >= 15 is 0 Å². The van der Waals surface area contributed by atoms with Gasteiger partial charge in [0.25, 0.3) is 17.7 Å². The summed E-state index contributed by atoms with van der Waals surface area (Å²) >= 11 is 0. The number of carbonyl (C=O) groups excluding carboxylic acids is 3. The first-order chi connectivity index (χ1) is 19.1. The third-order valence-corrected chi connectivity index (χ3v) is 6.95. The fourth-order valence-electron chi connectivity index (χ4n) is 4.31. The number of methoxy groups -OCH3 is 1. The van der Waals surface area contributed by atoms with Crippen LogP contribution in [0.15, 0.2) is 60.7 Å². The van der Waals surface area contributed by atoms with Gasteiger partial charge in [0, 0.05) is 6.26 Å². The molecule has 1 unspecified atom stereocenters. The number of benzene rings is 2. The highest BCUT2D eigenvalue weighted by atomic mass is 32.2. The largest absolute Gasteiger partial charge is 0.491 e. The van der Waals surface area contributed by atoms with Gasteiger partial charge < -0.3 is 19.5 Å². The molecule has 0 spiro atoms. The summed E-state index contributed by atoms with van der Waals surface area (Å²) in [6, 6.07) is 15.5. The number of nitrogens with one attached hydrogen (secondary N) is 1. The Morgan fingerprint density at radius 1 is 1.02 bits per heavy atom. The van der Waals surface area contributed by atoms with Crippen molar-refractivity contribution in [1.82, 2.24) is 9.88 Å². The molecule has 0 aliphatic carbocycles. The number of aromatic nitrogens is 1. The number of fused-ring (bicyclic) bond motifs is 1. The number of imide groups is 1. The second-order valence-electron chi connectivity index (χ2n) is 9.02. The molecule has 0 fully saturated rings. The van der Waals surface area contributed by atoms with Crippen molar-refractivity contribution in [3.8, 4) is 11.6 Å². The van der Waals surface area contributed by atoms with Crippen LogP contribution in [0.25, 0.3) is 0 Å². The van der Waals surface area contributed by atoms with Crippen LogP contribution in [-0.2, 0) is 26.0 Å². The van der Waals surface area contributed by atoms with Crippen molar-refractivity contribution in [2.75, 3.05) is 37.6 Å². The third kappa shape index (κ3) is 6.46. The maximum atomic E-state index is 13.7. The van der Waals surface area contributed by atoms with Gasteiger partial charge in [0.15, 0.2) is 5.75 Å². The number of amides is 3. The van der Waals surface area contributed by atoms with Crippen molar-refractivity contribution in [2.24, 2.45) is 0 Å². The van der Waals surface area contributed by atoms with Crippen LogP contribution in [0, 0.1) is 0 Å². The monoisotopic (exact) mass is 567 g/mol. The van der Waals surface area contributed by atoms with Crippen molar-refractivity contribution in [3.63, 3.8) is 0 Å². The zero-order valence-electron chi connectivity index (χ0n) is 22.2. The summed E-state index contributed by atoms with van der Waals surface area (Å²) in [5.74, 6) is -2.15. The van der Waals surface area contributed by atoms with E-state index in [2.05, 4.69) is 10.3 Å². The lowest BCUT2D eigenvalue weighted by molar-refractivity contribution is -0.121. The molecule has 0 saturated heterocycles. The molecule has 210 valence electrons. The summed E-state index contributed by atoms with van der Waals surface area (Å²) in [6.07, 6.45) is 1.01. The number of hydrogen-bond acceptors (Lipinski definition) is 9. The lowest BCUT2D eigenvalue weighted by atomic mass is 10.1. The SMILES string of the molecule is CCOc1nc(C(CS(C)(=O)=O)N2C(=O)c3cccc(NC(=O)COCc4ccccc4)c3C2=O)ccc1OC. The molecule has 40 heavy (non-hydrogen) atoms. The first kappa shape index (κ1) is 28.7. The molecule has 12 heteroatoms. The highest BCUT2D eigenvalue weighted by molar-refractivity contribution is 7.90. The number of nitrogens with zero attached hydrogens (tertiary/aromatic N) is 2. The van der Waals surface area contributed by atoms with Crippen LogP contribution in [0.4, 0.5) is 5.69 Å². The van der Waals surface area contributed by atoms with Gasteiger partial charge in [0.2, 0.25) is 5.91 Å². The van der Waals surface area contributed by atoms with Gasteiger partial charge in [-0.05, 0) is 36.8 Å². The minimum Gasteiger partial charge on any atom is -0.491 e. The smallest absolute Gasteiger partial charge is 0.264 e. The van der Waals surface area contributed by atoms with Gasteiger partial charge in [-0.25, -0.2) is 13.4 Å². The highest BCUT2D eigenvalue weighted by Gasteiger charge is 2.44. The lowest BCUT2D eigenvalue weighted by Gasteiger charge is -2.26. The molecule has 4 rings (SSSR count). The first-order valence-corrected chi connectivity index (χ1v) is 14.5. The molecule has 11 nitrogen and oxygen atoms in total. The van der Waals surface area contributed by atoms with Gasteiger partial charge in [-0.2, -0.15) is 0 Å². The van der Waals surface area contributed by atoms with E-state index in [9.17, 15) is 22.8 Å². The summed E-state index contributed by atoms with van der Waals surface area (Å²) in [5, 5.41) is 2.63. The van der Waals surface area contributed by atoms with Gasteiger partial charge in [0.05, 0.1) is 54.6 Å². The van der Waals surface area contributed by atoms with Gasteiger partial charge >= 0.3 is 0 Å². The zero-order valence-corrected chi connectivity index (χ0v) is 23.1. The highest BCUT2D eigenvalue weighted by Crippen LogP contribution is 2.37. The molecule has 1 aliphatic rings. The van der Waals surface area contributed by atoms with Crippen LogP contribution in [0.3, 0.4) is 0 Å². The van der Waals surface area contributed by atoms with Crippen LogP contribution in [0.5, 0.6) is 11.6 Å². The predicted octanol–water partition coefficient (Wildman–Crippen LogP) is 3.03. The molecule has 1 atom stereocenters. The molecule has 1 aromatic heterocycles. The van der Waals surface area contributed by atoms with E-state index in [4.69, 9.17) is 14.2 Å². The molecule has 0 radical (unpaired) electrons. The van der Waals surface area contributed by atoms with Gasteiger partial charge in [-0.15, -0.1) is 0 Å². The van der Waals surface area contributed by atoms with Gasteiger partial charge in [-0.3, -0.25) is 19.3 Å². The molecule has 3 amide bonds. The maximum Gasteiger partial charge on any atom is 0.264 e. The van der Waals surface area contributed by atoms with E-state index in [0.717, 1.165) is 16.7 Å². The molecule has 0 bridgehead atoms. The van der Waals surface area contributed by atoms with Crippen molar-refractivity contribution < 1.29 is 37.0 Å². The summed E-state index contributed by atoms with van der Waals surface area (Å²) < 4.78 is 41.0. The summed E-state index contributed by atoms with van der Waals surface area (Å²) in [7, 11) is -2.26. The molecule has 2 heterocycles. The van der Waals surface area contributed by atoms with Crippen molar-refractivity contribution >= 4 is 33.2 Å². The van der Waals surface area contributed by atoms with Crippen LogP contribution in [0.2, 0.25) is 0 Å². The number of carbonyl (C=O) groups is 3. The first-order valence-electron chi connectivity index (χ1n) is 12.4. The van der Waals surface area contributed by atoms with Crippen LogP contribution in [0.1, 0.15) is 44.9 Å². The molecule has 2 aromatic carbocycles. The maximum absolute atomic E-state index is 13.7. The predicted molar refractivity (Wildman–Crippen MR) is 146 cm³/mol. The number of rotatable bonds is 12. The van der Waals surface area contributed by atoms with Gasteiger partial charge in [0.1, 0.15) is 16.4 Å². The second kappa shape index (κ2) is 12.3. The van der Waals surface area contributed by atoms with Crippen LogP contribution < -0.4 is 14.8 Å². The van der Waals surface area contributed by atoms with Crippen molar-refractivity contribution in [3.05, 3.63) is 83.0 Å². The van der Waals surface area contributed by atoms with Crippen LogP contribution >= 0.6 is 0 Å². The molecular formula is C28H29N3O8S. The Kier molecular flexibility index (Phi) is 8.80. The molecule has 0 saturated carbocycles. The molecular weight excluding hydrogens is 538 g/mol. The van der Waals surface area contributed by atoms with E-state index in [1.54, 1.807) is 6.92 Å². The van der Waals surface area contributed by atoms with E-state index in [1.165, 1.54) is 37.4 Å². The minimum absolute atomic E-state index is 0.0325. The molecule has 3 aromatic rings. The quantitative estimate of drug-likeness (QED) is 0.327. The third-order valence-electron chi connectivity index (χ3n) is 6.03. The zero-order chi connectivity index (χ0) is 28.9. The Balaban J connectivity index is 1.61. The minimum atomic E-state index is -3.69. The average Bonchev–Trinajstić information content (AvgIpc) is 3.18. The van der Waals surface area contributed by atoms with Gasteiger partial charge in [-0.1, -0.05) is 36.4 Å². The van der Waals surface area contributed by atoms with E-state index < -0.39 is 39.4 Å². The number of ether oxygens (including phenoxy) is 3. The summed E-state index contributed by atoms with van der Waals surface area (Å²) in [6.45, 7) is 1.94. The summed E-state index contributed by atoms with van der Waals surface area (Å²) in [5.41, 5.74) is 1.13. The van der Waals surface area contributed by atoms with E-state index in [0.29, 0.717) is 5.75 Å².